The maximum Gasteiger partial charge on any atom is 0.418 e. The molecule has 1 amide bonds. The maximum atomic E-state index is 13.4. The molecule has 152 valence electrons. The molecule has 0 aliphatic rings. The maximum absolute atomic E-state index is 13.4. The third kappa shape index (κ3) is 4.50. The van der Waals surface area contributed by atoms with Crippen LogP contribution in [0.4, 0.5) is 17.6 Å². The van der Waals surface area contributed by atoms with Crippen LogP contribution in [-0.4, -0.2) is 17.0 Å². The number of nitrogens with one attached hydrogen (secondary N) is 1. The molecular weight excluding hydrogens is 384 g/mol. The number of rotatable bonds is 5. The summed E-state index contributed by atoms with van der Waals surface area (Å²) < 4.78 is 54.6. The Balaban J connectivity index is 1.81. The molecule has 0 radical (unpaired) electrons. The van der Waals surface area contributed by atoms with Crippen LogP contribution < -0.4 is 5.32 Å². The van der Waals surface area contributed by atoms with Crippen LogP contribution in [-0.2, 0) is 12.6 Å². The Hall–Kier alpha value is -3.09. The molecule has 0 fully saturated rings. The summed E-state index contributed by atoms with van der Waals surface area (Å²) in [6, 6.07) is 12.8. The van der Waals surface area contributed by atoms with Crippen molar-refractivity contribution in [1.29, 1.82) is 0 Å². The Kier molecular flexibility index (Phi) is 5.77. The minimum absolute atomic E-state index is 0.0136. The SMILES string of the molecule is Cc1cc(C(=O)NCCc2ccc(F)cc2)c(C)n1-c1ccccc1C(F)(F)F. The zero-order valence-electron chi connectivity index (χ0n) is 16.0. The third-order valence-electron chi connectivity index (χ3n) is 4.74. The van der Waals surface area contributed by atoms with Crippen molar-refractivity contribution in [2.45, 2.75) is 26.4 Å². The van der Waals surface area contributed by atoms with E-state index in [-0.39, 0.29) is 17.4 Å². The van der Waals surface area contributed by atoms with Crippen LogP contribution in [0.2, 0.25) is 0 Å². The zero-order valence-corrected chi connectivity index (χ0v) is 16.0. The predicted molar refractivity (Wildman–Crippen MR) is 103 cm³/mol. The highest BCUT2D eigenvalue weighted by Crippen LogP contribution is 2.35. The van der Waals surface area contributed by atoms with Crippen molar-refractivity contribution >= 4 is 5.91 Å². The van der Waals surface area contributed by atoms with Crippen molar-refractivity contribution in [3.63, 3.8) is 0 Å². The number of hydrogen-bond acceptors (Lipinski definition) is 1. The number of alkyl halides is 3. The number of carbonyl (C=O) groups excluding carboxylic acids is 1. The quantitative estimate of drug-likeness (QED) is 0.581. The van der Waals surface area contributed by atoms with Gasteiger partial charge < -0.3 is 9.88 Å². The minimum atomic E-state index is -4.50. The lowest BCUT2D eigenvalue weighted by Crippen LogP contribution is -2.26. The van der Waals surface area contributed by atoms with Crippen LogP contribution >= 0.6 is 0 Å². The molecule has 3 rings (SSSR count). The van der Waals surface area contributed by atoms with Gasteiger partial charge in [-0.2, -0.15) is 13.2 Å². The fraction of sp³-hybridized carbons (Fsp3) is 0.227. The van der Waals surface area contributed by atoms with Gasteiger partial charge in [0.05, 0.1) is 16.8 Å². The fourth-order valence-electron chi connectivity index (χ4n) is 3.34. The van der Waals surface area contributed by atoms with E-state index in [1.807, 2.05) is 0 Å². The molecule has 0 aliphatic heterocycles. The summed E-state index contributed by atoms with van der Waals surface area (Å²) in [5, 5.41) is 2.77. The van der Waals surface area contributed by atoms with Gasteiger partial charge in [-0.05, 0) is 56.2 Å². The van der Waals surface area contributed by atoms with Crippen LogP contribution in [0, 0.1) is 19.7 Å². The number of carbonyl (C=O) groups is 1. The first-order valence-corrected chi connectivity index (χ1v) is 9.06. The van der Waals surface area contributed by atoms with Crippen LogP contribution in [0.3, 0.4) is 0 Å². The topological polar surface area (TPSA) is 34.0 Å². The summed E-state index contributed by atoms with van der Waals surface area (Å²) in [5.74, 6) is -0.694. The summed E-state index contributed by atoms with van der Waals surface area (Å²) in [7, 11) is 0. The average molecular weight is 404 g/mol. The number of aromatic nitrogens is 1. The summed E-state index contributed by atoms with van der Waals surface area (Å²) in [6.07, 6.45) is -3.99. The normalized spacial score (nSPS) is 11.5. The van der Waals surface area contributed by atoms with E-state index in [1.54, 1.807) is 32.0 Å². The molecule has 3 nitrogen and oxygen atoms in total. The molecule has 3 aromatic rings. The molecule has 0 bridgehead atoms. The Morgan fingerprint density at radius 1 is 1.03 bits per heavy atom. The van der Waals surface area contributed by atoms with Gasteiger partial charge in [0.2, 0.25) is 0 Å². The number of amides is 1. The predicted octanol–water partition coefficient (Wildman–Crippen LogP) is 5.22. The lowest BCUT2D eigenvalue weighted by Gasteiger charge is -2.16. The van der Waals surface area contributed by atoms with Crippen molar-refractivity contribution in [2.75, 3.05) is 6.54 Å². The van der Waals surface area contributed by atoms with Crippen molar-refractivity contribution in [3.05, 3.63) is 88.5 Å². The molecule has 1 N–H and O–H groups in total. The molecule has 0 atom stereocenters. The molecular formula is C22H20F4N2O. The van der Waals surface area contributed by atoms with Gasteiger partial charge in [0.25, 0.3) is 5.91 Å². The van der Waals surface area contributed by atoms with E-state index >= 15 is 0 Å². The molecule has 0 unspecified atom stereocenters. The Labute approximate surface area is 166 Å². The highest BCUT2D eigenvalue weighted by atomic mass is 19.4. The zero-order chi connectivity index (χ0) is 21.2. The standard InChI is InChI=1S/C22H20F4N2O/c1-14-13-18(21(29)27-12-11-16-7-9-17(23)10-8-16)15(2)28(14)20-6-4-3-5-19(20)22(24,25)26/h3-10,13H,11-12H2,1-2H3,(H,27,29). The van der Waals surface area contributed by atoms with Gasteiger partial charge in [-0.25, -0.2) is 4.39 Å². The molecule has 0 aliphatic carbocycles. The first-order valence-electron chi connectivity index (χ1n) is 9.06. The van der Waals surface area contributed by atoms with Crippen LogP contribution in [0.15, 0.2) is 54.6 Å². The van der Waals surface area contributed by atoms with Gasteiger partial charge in [0, 0.05) is 17.9 Å². The molecule has 0 spiro atoms. The van der Waals surface area contributed by atoms with Gasteiger partial charge in [-0.15, -0.1) is 0 Å². The largest absolute Gasteiger partial charge is 0.418 e. The van der Waals surface area contributed by atoms with Gasteiger partial charge in [0.15, 0.2) is 0 Å². The molecule has 0 saturated heterocycles. The van der Waals surface area contributed by atoms with Crippen LogP contribution in [0.1, 0.15) is 32.9 Å². The second-order valence-corrected chi connectivity index (χ2v) is 6.77. The Morgan fingerprint density at radius 2 is 1.69 bits per heavy atom. The van der Waals surface area contributed by atoms with Gasteiger partial charge in [0.1, 0.15) is 5.82 Å². The molecule has 1 heterocycles. The number of benzene rings is 2. The Morgan fingerprint density at radius 3 is 2.34 bits per heavy atom. The fourth-order valence-corrected chi connectivity index (χ4v) is 3.34. The second kappa shape index (κ2) is 8.11. The molecule has 29 heavy (non-hydrogen) atoms. The van der Waals surface area contributed by atoms with Gasteiger partial charge in [-0.1, -0.05) is 24.3 Å². The van der Waals surface area contributed by atoms with E-state index in [1.165, 1.54) is 34.9 Å². The number of para-hydroxylation sites is 1. The Bertz CT molecular complexity index is 1020. The second-order valence-electron chi connectivity index (χ2n) is 6.77. The minimum Gasteiger partial charge on any atom is -0.352 e. The van der Waals surface area contributed by atoms with E-state index in [0.717, 1.165) is 11.6 Å². The van der Waals surface area contributed by atoms with E-state index in [0.29, 0.717) is 29.9 Å². The average Bonchev–Trinajstić information content (AvgIpc) is 2.97. The number of hydrogen-bond donors (Lipinski definition) is 1. The lowest BCUT2D eigenvalue weighted by atomic mass is 10.1. The monoisotopic (exact) mass is 404 g/mol. The van der Waals surface area contributed by atoms with Gasteiger partial charge >= 0.3 is 6.18 Å². The van der Waals surface area contributed by atoms with E-state index in [2.05, 4.69) is 5.32 Å². The van der Waals surface area contributed by atoms with E-state index < -0.39 is 11.7 Å². The highest BCUT2D eigenvalue weighted by Gasteiger charge is 2.34. The van der Waals surface area contributed by atoms with Crippen molar-refractivity contribution in [1.82, 2.24) is 9.88 Å². The van der Waals surface area contributed by atoms with Crippen LogP contribution in [0.25, 0.3) is 5.69 Å². The van der Waals surface area contributed by atoms with Gasteiger partial charge in [-0.3, -0.25) is 4.79 Å². The molecule has 0 saturated carbocycles. The highest BCUT2D eigenvalue weighted by molar-refractivity contribution is 5.96. The van der Waals surface area contributed by atoms with Crippen molar-refractivity contribution in [2.24, 2.45) is 0 Å². The molecule has 7 heteroatoms. The summed E-state index contributed by atoms with van der Waals surface area (Å²) >= 11 is 0. The molecule has 2 aromatic carbocycles. The van der Waals surface area contributed by atoms with Crippen LogP contribution in [0.5, 0.6) is 0 Å². The first kappa shape index (κ1) is 20.6. The molecule has 1 aromatic heterocycles. The summed E-state index contributed by atoms with van der Waals surface area (Å²) in [5.41, 5.74) is 1.38. The van der Waals surface area contributed by atoms with Crippen molar-refractivity contribution in [3.8, 4) is 5.69 Å². The van der Waals surface area contributed by atoms with Crippen molar-refractivity contribution < 1.29 is 22.4 Å². The summed E-state index contributed by atoms with van der Waals surface area (Å²) in [4.78, 5) is 12.6. The summed E-state index contributed by atoms with van der Waals surface area (Å²) in [6.45, 7) is 3.61. The van der Waals surface area contributed by atoms with E-state index in [9.17, 15) is 22.4 Å². The number of aryl methyl sites for hydroxylation is 1. The number of halogens is 4. The lowest BCUT2D eigenvalue weighted by molar-refractivity contribution is -0.137. The smallest absolute Gasteiger partial charge is 0.352 e. The number of nitrogens with zero attached hydrogens (tertiary/aromatic N) is 1. The van der Waals surface area contributed by atoms with E-state index in [4.69, 9.17) is 0 Å². The first-order chi connectivity index (χ1) is 13.7. The third-order valence-corrected chi connectivity index (χ3v) is 4.74.